The van der Waals surface area contributed by atoms with E-state index in [1.54, 1.807) is 13.0 Å². The molecule has 170 valence electrons. The molecule has 0 bridgehead atoms. The lowest BCUT2D eigenvalue weighted by Gasteiger charge is -2.28. The fourth-order valence-corrected chi connectivity index (χ4v) is 4.09. The molecule has 0 spiro atoms. The highest BCUT2D eigenvalue weighted by molar-refractivity contribution is 7.89. The summed E-state index contributed by atoms with van der Waals surface area (Å²) in [7, 11) is -4.22. The zero-order valence-electron chi connectivity index (χ0n) is 16.6. The van der Waals surface area contributed by atoms with Crippen molar-refractivity contribution in [3.8, 4) is 5.75 Å². The first-order valence-electron chi connectivity index (χ1n) is 9.41. The molecule has 13 heteroatoms. The molecule has 1 aliphatic heterocycles. The predicted molar refractivity (Wildman–Crippen MR) is 107 cm³/mol. The van der Waals surface area contributed by atoms with Gasteiger partial charge in [0.2, 0.25) is 10.0 Å². The number of ether oxygens (including phenoxy) is 2. The van der Waals surface area contributed by atoms with Crippen molar-refractivity contribution in [3.05, 3.63) is 36.2 Å². The summed E-state index contributed by atoms with van der Waals surface area (Å²) in [6.45, 7) is 4.43. The smallest absolute Gasteiger partial charge is 0.404 e. The number of aryl methyl sites for hydroxylation is 1. The standard InChI is InChI=1S/C18H22F3N5O4S/c1-13-24-16(12-17(25-13)26-8-10-29-11-9-26)22-6-7-23-31(27,28)15-5-3-2-4-14(15)30-18(19,20)21/h2-5,12,23H,6-11H2,1H3,(H,22,24,25). The zero-order chi connectivity index (χ0) is 22.5. The second-order valence-corrected chi connectivity index (χ2v) is 8.31. The average Bonchev–Trinajstić information content (AvgIpc) is 2.71. The van der Waals surface area contributed by atoms with E-state index >= 15 is 0 Å². The number of para-hydroxylation sites is 1. The first-order valence-corrected chi connectivity index (χ1v) is 10.9. The Morgan fingerprint density at radius 3 is 2.58 bits per heavy atom. The van der Waals surface area contributed by atoms with Gasteiger partial charge in [-0.1, -0.05) is 12.1 Å². The summed E-state index contributed by atoms with van der Waals surface area (Å²) in [6.07, 6.45) is -5.00. The fraction of sp³-hybridized carbons (Fsp3) is 0.444. The Labute approximate surface area is 177 Å². The highest BCUT2D eigenvalue weighted by Crippen LogP contribution is 2.29. The van der Waals surface area contributed by atoms with Crippen molar-refractivity contribution in [3.63, 3.8) is 0 Å². The highest BCUT2D eigenvalue weighted by Gasteiger charge is 2.33. The second kappa shape index (κ2) is 9.66. The van der Waals surface area contributed by atoms with E-state index < -0.39 is 27.0 Å². The lowest BCUT2D eigenvalue weighted by molar-refractivity contribution is -0.275. The van der Waals surface area contributed by atoms with Gasteiger partial charge in [-0.2, -0.15) is 0 Å². The number of nitrogens with one attached hydrogen (secondary N) is 2. The minimum Gasteiger partial charge on any atom is -0.404 e. The molecule has 0 amide bonds. The van der Waals surface area contributed by atoms with Gasteiger partial charge in [0.15, 0.2) is 0 Å². The van der Waals surface area contributed by atoms with Gasteiger partial charge in [0.05, 0.1) is 13.2 Å². The number of alkyl halides is 3. The molecule has 9 nitrogen and oxygen atoms in total. The largest absolute Gasteiger partial charge is 0.573 e. The summed E-state index contributed by atoms with van der Waals surface area (Å²) >= 11 is 0. The topological polar surface area (TPSA) is 106 Å². The van der Waals surface area contributed by atoms with Crippen LogP contribution in [0.1, 0.15) is 5.82 Å². The first-order chi connectivity index (χ1) is 14.6. The quantitative estimate of drug-likeness (QED) is 0.575. The SMILES string of the molecule is Cc1nc(NCCNS(=O)(=O)c2ccccc2OC(F)(F)F)cc(N2CCOCC2)n1. The van der Waals surface area contributed by atoms with Gasteiger partial charge in [-0.15, -0.1) is 13.2 Å². The van der Waals surface area contributed by atoms with Crippen LogP contribution in [0.3, 0.4) is 0 Å². The Bertz CT molecular complexity index is 998. The molecule has 1 fully saturated rings. The second-order valence-electron chi connectivity index (χ2n) is 6.58. The molecule has 1 aromatic carbocycles. The van der Waals surface area contributed by atoms with Gasteiger partial charge in [0.1, 0.15) is 28.1 Å². The summed E-state index contributed by atoms with van der Waals surface area (Å²) in [5, 5.41) is 2.99. The van der Waals surface area contributed by atoms with Crippen molar-refractivity contribution < 1.29 is 31.1 Å². The summed E-state index contributed by atoms with van der Waals surface area (Å²) in [4.78, 5) is 10.1. The Kier molecular flexibility index (Phi) is 7.18. The number of sulfonamides is 1. The van der Waals surface area contributed by atoms with E-state index in [1.165, 1.54) is 12.1 Å². The van der Waals surface area contributed by atoms with Crippen LogP contribution in [0, 0.1) is 6.92 Å². The van der Waals surface area contributed by atoms with Gasteiger partial charge in [0, 0.05) is 32.2 Å². The van der Waals surface area contributed by atoms with Gasteiger partial charge in [-0.3, -0.25) is 0 Å². The number of hydrogen-bond acceptors (Lipinski definition) is 8. The van der Waals surface area contributed by atoms with Crippen LogP contribution in [0.5, 0.6) is 5.75 Å². The van der Waals surface area contributed by atoms with E-state index in [1.807, 2.05) is 0 Å². The molecule has 2 aromatic rings. The number of benzene rings is 1. The van der Waals surface area contributed by atoms with Gasteiger partial charge in [-0.25, -0.2) is 23.1 Å². The third kappa shape index (κ3) is 6.67. The summed E-state index contributed by atoms with van der Waals surface area (Å²) < 4.78 is 73.9. The Hall–Kier alpha value is -2.64. The monoisotopic (exact) mass is 461 g/mol. The van der Waals surface area contributed by atoms with Gasteiger partial charge in [0.25, 0.3) is 0 Å². The molecule has 2 heterocycles. The summed E-state index contributed by atoms with van der Waals surface area (Å²) in [5.74, 6) is 0.994. The van der Waals surface area contributed by atoms with Crippen LogP contribution in [-0.4, -0.2) is 64.1 Å². The number of nitrogens with zero attached hydrogens (tertiary/aromatic N) is 3. The van der Waals surface area contributed by atoms with E-state index in [-0.39, 0.29) is 13.1 Å². The lowest BCUT2D eigenvalue weighted by atomic mass is 10.3. The molecule has 0 atom stereocenters. The number of aromatic nitrogens is 2. The van der Waals surface area contributed by atoms with Crippen LogP contribution in [0.4, 0.5) is 24.8 Å². The molecule has 0 radical (unpaired) electrons. The van der Waals surface area contributed by atoms with Gasteiger partial charge < -0.3 is 19.7 Å². The molecule has 1 aromatic heterocycles. The van der Waals surface area contributed by atoms with Crippen LogP contribution in [0.2, 0.25) is 0 Å². The number of anilines is 2. The van der Waals surface area contributed by atoms with E-state index in [2.05, 4.69) is 29.6 Å². The molecule has 1 aliphatic rings. The number of rotatable bonds is 8. The van der Waals surface area contributed by atoms with Crippen molar-refractivity contribution in [1.29, 1.82) is 0 Å². The maximum atomic E-state index is 12.5. The van der Waals surface area contributed by atoms with E-state index in [4.69, 9.17) is 4.74 Å². The minimum absolute atomic E-state index is 0.0847. The molecular formula is C18H22F3N5O4S. The van der Waals surface area contributed by atoms with Crippen molar-refractivity contribution in [2.45, 2.75) is 18.2 Å². The maximum Gasteiger partial charge on any atom is 0.573 e. The predicted octanol–water partition coefficient (Wildman–Crippen LogP) is 1.91. The molecule has 31 heavy (non-hydrogen) atoms. The third-order valence-electron chi connectivity index (χ3n) is 4.25. The minimum atomic E-state index is -5.00. The summed E-state index contributed by atoms with van der Waals surface area (Å²) in [6, 6.07) is 6.30. The van der Waals surface area contributed by atoms with Crippen molar-refractivity contribution in [2.24, 2.45) is 0 Å². The average molecular weight is 461 g/mol. The Morgan fingerprint density at radius 2 is 1.87 bits per heavy atom. The van der Waals surface area contributed by atoms with Crippen molar-refractivity contribution in [2.75, 3.05) is 49.6 Å². The van der Waals surface area contributed by atoms with Gasteiger partial charge >= 0.3 is 6.36 Å². The molecule has 0 aliphatic carbocycles. The lowest BCUT2D eigenvalue weighted by Crippen LogP contribution is -2.37. The van der Waals surface area contributed by atoms with Gasteiger partial charge in [-0.05, 0) is 19.1 Å². The number of halogens is 3. The van der Waals surface area contributed by atoms with E-state index in [0.29, 0.717) is 37.9 Å². The normalized spacial score (nSPS) is 15.0. The molecule has 0 saturated carbocycles. The van der Waals surface area contributed by atoms with Crippen LogP contribution < -0.4 is 19.7 Å². The van der Waals surface area contributed by atoms with Crippen LogP contribution >= 0.6 is 0 Å². The molecule has 1 saturated heterocycles. The fourth-order valence-electron chi connectivity index (χ4n) is 2.93. The number of hydrogen-bond donors (Lipinski definition) is 2. The molecular weight excluding hydrogens is 439 g/mol. The third-order valence-corrected chi connectivity index (χ3v) is 5.75. The van der Waals surface area contributed by atoms with Crippen molar-refractivity contribution >= 4 is 21.7 Å². The molecule has 0 unspecified atom stereocenters. The maximum absolute atomic E-state index is 12.5. The highest BCUT2D eigenvalue weighted by atomic mass is 32.2. The van der Waals surface area contributed by atoms with E-state index in [0.717, 1.165) is 18.0 Å². The van der Waals surface area contributed by atoms with E-state index in [9.17, 15) is 21.6 Å². The first kappa shape index (κ1) is 23.0. The van der Waals surface area contributed by atoms with Crippen LogP contribution in [0.25, 0.3) is 0 Å². The van der Waals surface area contributed by atoms with Crippen LogP contribution in [0.15, 0.2) is 35.2 Å². The van der Waals surface area contributed by atoms with Crippen LogP contribution in [-0.2, 0) is 14.8 Å². The Balaban J connectivity index is 1.60. The van der Waals surface area contributed by atoms with Crippen molar-refractivity contribution in [1.82, 2.24) is 14.7 Å². The zero-order valence-corrected chi connectivity index (χ0v) is 17.5. The molecule has 3 rings (SSSR count). The number of morpholine rings is 1. The molecule has 2 N–H and O–H groups in total. The summed E-state index contributed by atoms with van der Waals surface area (Å²) in [5.41, 5.74) is 0. The Morgan fingerprint density at radius 1 is 1.16 bits per heavy atom.